The van der Waals surface area contributed by atoms with E-state index in [2.05, 4.69) is 23.2 Å². The Balaban J connectivity index is 1.93. The SMILES string of the molecule is COc1ccc(/C=C2/CCN=C2c2ccccc2)cc1OC. The first kappa shape index (κ1) is 14.4. The smallest absolute Gasteiger partial charge is 0.161 e. The minimum atomic E-state index is 0.744. The van der Waals surface area contributed by atoms with Crippen molar-refractivity contribution in [1.82, 2.24) is 0 Å². The summed E-state index contributed by atoms with van der Waals surface area (Å²) in [7, 11) is 3.30. The largest absolute Gasteiger partial charge is 0.493 e. The number of aliphatic imine (C=N–C) groups is 1. The van der Waals surface area contributed by atoms with Crippen LogP contribution in [0, 0.1) is 0 Å². The molecule has 2 aromatic carbocycles. The second kappa shape index (κ2) is 6.48. The highest BCUT2D eigenvalue weighted by Crippen LogP contribution is 2.29. The maximum Gasteiger partial charge on any atom is 0.161 e. The third-order valence-corrected chi connectivity index (χ3v) is 3.75. The average molecular weight is 293 g/mol. The van der Waals surface area contributed by atoms with Crippen LogP contribution < -0.4 is 9.47 Å². The standard InChI is InChI=1S/C19H19NO2/c1-21-17-9-8-14(13-18(17)22-2)12-16-10-11-20-19(16)15-6-4-3-5-7-15/h3-9,12-13H,10-11H2,1-2H3/b16-12-. The summed E-state index contributed by atoms with van der Waals surface area (Å²) in [4.78, 5) is 4.65. The van der Waals surface area contributed by atoms with Crippen molar-refractivity contribution in [3.8, 4) is 11.5 Å². The van der Waals surface area contributed by atoms with Gasteiger partial charge in [0.2, 0.25) is 0 Å². The quantitative estimate of drug-likeness (QED) is 0.853. The van der Waals surface area contributed by atoms with E-state index in [0.29, 0.717) is 0 Å². The zero-order valence-electron chi connectivity index (χ0n) is 12.9. The van der Waals surface area contributed by atoms with E-state index in [1.165, 1.54) is 11.1 Å². The molecule has 1 aliphatic heterocycles. The molecular formula is C19H19NO2. The number of nitrogens with zero attached hydrogens (tertiary/aromatic N) is 1. The summed E-state index contributed by atoms with van der Waals surface area (Å²) in [5.41, 5.74) is 4.62. The van der Waals surface area contributed by atoms with Crippen LogP contribution in [-0.2, 0) is 0 Å². The predicted octanol–water partition coefficient (Wildman–Crippen LogP) is 3.98. The van der Waals surface area contributed by atoms with Crippen molar-refractivity contribution >= 4 is 11.8 Å². The Morgan fingerprint density at radius 3 is 2.45 bits per heavy atom. The molecule has 0 unspecified atom stereocenters. The Morgan fingerprint density at radius 2 is 1.73 bits per heavy atom. The molecule has 1 aliphatic rings. The fourth-order valence-corrected chi connectivity index (χ4v) is 2.67. The van der Waals surface area contributed by atoms with Gasteiger partial charge in [-0.25, -0.2) is 0 Å². The van der Waals surface area contributed by atoms with E-state index in [1.807, 2.05) is 36.4 Å². The fraction of sp³-hybridized carbons (Fsp3) is 0.211. The molecule has 0 amide bonds. The molecule has 0 saturated carbocycles. The summed E-state index contributed by atoms with van der Waals surface area (Å²) in [6.45, 7) is 0.851. The van der Waals surface area contributed by atoms with Crippen molar-refractivity contribution in [3.05, 3.63) is 65.2 Å². The lowest BCUT2D eigenvalue weighted by molar-refractivity contribution is 0.355. The van der Waals surface area contributed by atoms with E-state index in [0.717, 1.165) is 35.7 Å². The van der Waals surface area contributed by atoms with Gasteiger partial charge in [0.15, 0.2) is 11.5 Å². The van der Waals surface area contributed by atoms with Gasteiger partial charge in [0.25, 0.3) is 0 Å². The molecule has 0 aromatic heterocycles. The number of hydrogen-bond donors (Lipinski definition) is 0. The van der Waals surface area contributed by atoms with Crippen molar-refractivity contribution in [2.75, 3.05) is 20.8 Å². The molecule has 0 fully saturated rings. The van der Waals surface area contributed by atoms with Gasteiger partial charge in [0.05, 0.1) is 19.9 Å². The van der Waals surface area contributed by atoms with E-state index in [1.54, 1.807) is 14.2 Å². The number of benzene rings is 2. The summed E-state index contributed by atoms with van der Waals surface area (Å²) in [6.07, 6.45) is 3.15. The molecule has 1 heterocycles. The van der Waals surface area contributed by atoms with Gasteiger partial charge in [-0.2, -0.15) is 0 Å². The Morgan fingerprint density at radius 1 is 0.955 bits per heavy atom. The molecule has 22 heavy (non-hydrogen) atoms. The summed E-state index contributed by atoms with van der Waals surface area (Å²) < 4.78 is 10.7. The van der Waals surface area contributed by atoms with Gasteiger partial charge in [-0.1, -0.05) is 36.4 Å². The van der Waals surface area contributed by atoms with Crippen molar-refractivity contribution in [2.45, 2.75) is 6.42 Å². The summed E-state index contributed by atoms with van der Waals surface area (Å²) in [6, 6.07) is 16.3. The van der Waals surface area contributed by atoms with Crippen molar-refractivity contribution in [1.29, 1.82) is 0 Å². The summed E-state index contributed by atoms with van der Waals surface area (Å²) in [5, 5.41) is 0. The maximum absolute atomic E-state index is 5.37. The Bertz CT molecular complexity index is 717. The van der Waals surface area contributed by atoms with E-state index in [4.69, 9.17) is 9.47 Å². The molecule has 0 atom stereocenters. The summed E-state index contributed by atoms with van der Waals surface area (Å²) >= 11 is 0. The van der Waals surface area contributed by atoms with Gasteiger partial charge in [0, 0.05) is 6.54 Å². The number of ether oxygens (including phenoxy) is 2. The fourth-order valence-electron chi connectivity index (χ4n) is 2.67. The Labute approximate surface area is 130 Å². The second-order valence-corrected chi connectivity index (χ2v) is 5.13. The van der Waals surface area contributed by atoms with Crippen LogP contribution in [0.15, 0.2) is 59.1 Å². The zero-order valence-corrected chi connectivity index (χ0v) is 12.9. The molecular weight excluding hydrogens is 274 g/mol. The third-order valence-electron chi connectivity index (χ3n) is 3.75. The predicted molar refractivity (Wildman–Crippen MR) is 90.0 cm³/mol. The molecule has 112 valence electrons. The van der Waals surface area contributed by atoms with Crippen LogP contribution >= 0.6 is 0 Å². The minimum absolute atomic E-state index is 0.744. The van der Waals surface area contributed by atoms with Crippen LogP contribution in [0.1, 0.15) is 17.5 Å². The van der Waals surface area contributed by atoms with Crippen LogP contribution in [0.25, 0.3) is 6.08 Å². The van der Waals surface area contributed by atoms with E-state index in [9.17, 15) is 0 Å². The van der Waals surface area contributed by atoms with Crippen LogP contribution in [-0.4, -0.2) is 26.5 Å². The first-order valence-corrected chi connectivity index (χ1v) is 7.34. The maximum atomic E-state index is 5.37. The zero-order chi connectivity index (χ0) is 15.4. The van der Waals surface area contributed by atoms with Gasteiger partial charge >= 0.3 is 0 Å². The van der Waals surface area contributed by atoms with Crippen LogP contribution in [0.3, 0.4) is 0 Å². The molecule has 0 N–H and O–H groups in total. The molecule has 0 bridgehead atoms. The molecule has 0 spiro atoms. The molecule has 3 rings (SSSR count). The van der Waals surface area contributed by atoms with Gasteiger partial charge in [0.1, 0.15) is 0 Å². The molecule has 3 heteroatoms. The molecule has 0 aliphatic carbocycles. The third kappa shape index (κ3) is 2.89. The van der Waals surface area contributed by atoms with Gasteiger partial charge in [-0.15, -0.1) is 0 Å². The molecule has 0 radical (unpaired) electrons. The highest BCUT2D eigenvalue weighted by Gasteiger charge is 2.15. The van der Waals surface area contributed by atoms with E-state index >= 15 is 0 Å². The average Bonchev–Trinajstić information content (AvgIpc) is 3.03. The van der Waals surface area contributed by atoms with Crippen LogP contribution in [0.2, 0.25) is 0 Å². The lowest BCUT2D eigenvalue weighted by Gasteiger charge is -2.09. The monoisotopic (exact) mass is 293 g/mol. The van der Waals surface area contributed by atoms with Crippen molar-refractivity contribution in [2.24, 2.45) is 4.99 Å². The summed E-state index contributed by atoms with van der Waals surface area (Å²) in [5.74, 6) is 1.49. The van der Waals surface area contributed by atoms with Gasteiger partial charge in [-0.05, 0) is 41.3 Å². The minimum Gasteiger partial charge on any atom is -0.493 e. The van der Waals surface area contributed by atoms with Gasteiger partial charge < -0.3 is 9.47 Å². The highest BCUT2D eigenvalue weighted by atomic mass is 16.5. The van der Waals surface area contributed by atoms with Crippen molar-refractivity contribution < 1.29 is 9.47 Å². The van der Waals surface area contributed by atoms with Crippen LogP contribution in [0.4, 0.5) is 0 Å². The molecule has 3 nitrogen and oxygen atoms in total. The topological polar surface area (TPSA) is 30.8 Å². The molecule has 0 saturated heterocycles. The lowest BCUT2D eigenvalue weighted by Crippen LogP contribution is -1.99. The Kier molecular flexibility index (Phi) is 4.24. The van der Waals surface area contributed by atoms with E-state index in [-0.39, 0.29) is 0 Å². The van der Waals surface area contributed by atoms with E-state index < -0.39 is 0 Å². The van der Waals surface area contributed by atoms with Crippen molar-refractivity contribution in [3.63, 3.8) is 0 Å². The first-order valence-electron chi connectivity index (χ1n) is 7.34. The highest BCUT2D eigenvalue weighted by molar-refractivity contribution is 6.16. The number of hydrogen-bond acceptors (Lipinski definition) is 3. The Hall–Kier alpha value is -2.55. The van der Waals surface area contributed by atoms with Crippen LogP contribution in [0.5, 0.6) is 11.5 Å². The number of methoxy groups -OCH3 is 2. The lowest BCUT2D eigenvalue weighted by atomic mass is 10.00. The first-order chi connectivity index (χ1) is 10.8. The van der Waals surface area contributed by atoms with Gasteiger partial charge in [-0.3, -0.25) is 4.99 Å². The molecule has 2 aromatic rings. The number of rotatable bonds is 4. The second-order valence-electron chi connectivity index (χ2n) is 5.13. The normalized spacial score (nSPS) is 15.7.